The van der Waals surface area contributed by atoms with Gasteiger partial charge >= 0.3 is 0 Å². The Hall–Kier alpha value is -2.08. The summed E-state index contributed by atoms with van der Waals surface area (Å²) in [5, 5.41) is 6.52. The van der Waals surface area contributed by atoms with E-state index in [-0.39, 0.29) is 17.9 Å². The number of hydrogen-bond acceptors (Lipinski definition) is 4. The molecule has 2 aromatic heterocycles. The minimum Gasteiger partial charge on any atom is -0.467 e. The molecule has 110 valence electrons. The van der Waals surface area contributed by atoms with E-state index in [0.717, 1.165) is 6.42 Å². The number of nitrogens with one attached hydrogen (secondary N) is 1. The molecule has 1 aliphatic heterocycles. The Balaban J connectivity index is 1.63. The minimum absolute atomic E-state index is 0.0631. The van der Waals surface area contributed by atoms with Crippen molar-refractivity contribution < 1.29 is 14.0 Å². The maximum atomic E-state index is 12.4. The first kappa shape index (κ1) is 13.9. The van der Waals surface area contributed by atoms with Crippen molar-refractivity contribution in [2.24, 2.45) is 0 Å². The summed E-state index contributed by atoms with van der Waals surface area (Å²) in [6.07, 6.45) is 3.14. The van der Waals surface area contributed by atoms with Crippen LogP contribution in [-0.4, -0.2) is 29.3 Å². The minimum atomic E-state index is -0.382. The van der Waals surface area contributed by atoms with Gasteiger partial charge in [-0.1, -0.05) is 0 Å². The molecule has 1 atom stereocenters. The molecule has 1 fully saturated rings. The average molecular weight is 304 g/mol. The number of rotatable bonds is 4. The number of carbonyl (C=O) groups is 2. The van der Waals surface area contributed by atoms with Crippen LogP contribution in [0.25, 0.3) is 0 Å². The van der Waals surface area contributed by atoms with Crippen molar-refractivity contribution in [1.82, 2.24) is 10.2 Å². The smallest absolute Gasteiger partial charge is 0.255 e. The number of hydrogen-bond donors (Lipinski definition) is 1. The van der Waals surface area contributed by atoms with Crippen molar-refractivity contribution in [1.29, 1.82) is 0 Å². The molecule has 2 aromatic rings. The molecule has 0 saturated carbocycles. The molecule has 0 bridgehead atoms. The van der Waals surface area contributed by atoms with Crippen LogP contribution >= 0.6 is 11.3 Å². The lowest BCUT2D eigenvalue weighted by Gasteiger charge is -2.23. The standard InChI is InChI=1S/C15H16N2O3S/c18-14(16-9-12-3-2-7-20-12)13-4-1-6-17(13)15(19)11-5-8-21-10-11/h2-3,5,7-8,10,13H,1,4,6,9H2,(H,16,18). The molecule has 1 aliphatic rings. The van der Waals surface area contributed by atoms with E-state index in [9.17, 15) is 9.59 Å². The van der Waals surface area contributed by atoms with E-state index in [1.54, 1.807) is 23.3 Å². The van der Waals surface area contributed by atoms with E-state index in [4.69, 9.17) is 4.42 Å². The van der Waals surface area contributed by atoms with Gasteiger partial charge in [-0.15, -0.1) is 0 Å². The van der Waals surface area contributed by atoms with Crippen LogP contribution < -0.4 is 5.32 Å². The highest BCUT2D eigenvalue weighted by atomic mass is 32.1. The highest BCUT2D eigenvalue weighted by molar-refractivity contribution is 7.08. The molecule has 1 N–H and O–H groups in total. The van der Waals surface area contributed by atoms with Gasteiger partial charge in [-0.25, -0.2) is 0 Å². The first-order chi connectivity index (χ1) is 10.3. The average Bonchev–Trinajstić information content (AvgIpc) is 3.26. The Morgan fingerprint density at radius 3 is 3.05 bits per heavy atom. The Morgan fingerprint density at radius 2 is 2.33 bits per heavy atom. The summed E-state index contributed by atoms with van der Waals surface area (Å²) >= 11 is 1.48. The predicted molar refractivity (Wildman–Crippen MR) is 78.9 cm³/mol. The molecule has 0 aromatic carbocycles. The second kappa shape index (κ2) is 6.13. The van der Waals surface area contributed by atoms with Crippen molar-refractivity contribution in [3.05, 3.63) is 46.5 Å². The molecule has 1 unspecified atom stereocenters. The maximum Gasteiger partial charge on any atom is 0.255 e. The summed E-state index contributed by atoms with van der Waals surface area (Å²) in [4.78, 5) is 26.3. The Kier molecular flexibility index (Phi) is 4.06. The van der Waals surface area contributed by atoms with Crippen LogP contribution in [0.4, 0.5) is 0 Å². The molecular weight excluding hydrogens is 288 g/mol. The van der Waals surface area contributed by atoms with Crippen LogP contribution in [0.3, 0.4) is 0 Å². The van der Waals surface area contributed by atoms with E-state index in [2.05, 4.69) is 5.32 Å². The zero-order valence-corrected chi connectivity index (χ0v) is 12.3. The number of carbonyl (C=O) groups excluding carboxylic acids is 2. The van der Waals surface area contributed by atoms with E-state index >= 15 is 0 Å². The number of amides is 2. The molecule has 0 spiro atoms. The van der Waals surface area contributed by atoms with Crippen LogP contribution in [-0.2, 0) is 11.3 Å². The summed E-state index contributed by atoms with van der Waals surface area (Å²) in [5.41, 5.74) is 0.658. The zero-order chi connectivity index (χ0) is 14.7. The monoisotopic (exact) mass is 304 g/mol. The van der Waals surface area contributed by atoms with E-state index < -0.39 is 0 Å². The third-order valence-electron chi connectivity index (χ3n) is 3.60. The Labute approximate surface area is 126 Å². The summed E-state index contributed by atoms with van der Waals surface area (Å²) in [6.45, 7) is 0.982. The largest absolute Gasteiger partial charge is 0.467 e. The first-order valence-corrected chi connectivity index (χ1v) is 7.83. The number of nitrogens with zero attached hydrogens (tertiary/aromatic N) is 1. The van der Waals surface area contributed by atoms with E-state index in [1.165, 1.54) is 11.3 Å². The lowest BCUT2D eigenvalue weighted by Crippen LogP contribution is -2.45. The van der Waals surface area contributed by atoms with Crippen molar-refractivity contribution in [2.75, 3.05) is 6.54 Å². The summed E-state index contributed by atoms with van der Waals surface area (Å²) < 4.78 is 5.19. The van der Waals surface area contributed by atoms with Gasteiger partial charge in [0.15, 0.2) is 0 Å². The summed E-state index contributed by atoms with van der Waals surface area (Å²) in [7, 11) is 0. The second-order valence-corrected chi connectivity index (χ2v) is 5.75. The highest BCUT2D eigenvalue weighted by Crippen LogP contribution is 2.21. The SMILES string of the molecule is O=C(NCc1ccco1)C1CCCN1C(=O)c1ccsc1. The van der Waals surface area contributed by atoms with Gasteiger partial charge in [0.1, 0.15) is 11.8 Å². The first-order valence-electron chi connectivity index (χ1n) is 6.89. The van der Waals surface area contributed by atoms with Crippen LogP contribution in [0.15, 0.2) is 39.6 Å². The molecule has 0 radical (unpaired) electrons. The Morgan fingerprint density at radius 1 is 1.43 bits per heavy atom. The van der Waals surface area contributed by atoms with Gasteiger partial charge in [-0.05, 0) is 36.4 Å². The van der Waals surface area contributed by atoms with Crippen molar-refractivity contribution in [3.8, 4) is 0 Å². The molecule has 21 heavy (non-hydrogen) atoms. The van der Waals surface area contributed by atoms with E-state index in [0.29, 0.717) is 30.8 Å². The van der Waals surface area contributed by atoms with Gasteiger partial charge in [-0.3, -0.25) is 9.59 Å². The highest BCUT2D eigenvalue weighted by Gasteiger charge is 2.34. The van der Waals surface area contributed by atoms with Gasteiger partial charge in [0, 0.05) is 11.9 Å². The quantitative estimate of drug-likeness (QED) is 0.942. The molecule has 1 saturated heterocycles. The normalized spacial score (nSPS) is 17.9. The molecule has 3 rings (SSSR count). The zero-order valence-electron chi connectivity index (χ0n) is 11.5. The third kappa shape index (κ3) is 3.00. The van der Waals surface area contributed by atoms with Crippen molar-refractivity contribution >= 4 is 23.2 Å². The van der Waals surface area contributed by atoms with Crippen molar-refractivity contribution in [2.45, 2.75) is 25.4 Å². The number of furan rings is 1. The molecule has 5 nitrogen and oxygen atoms in total. The van der Waals surface area contributed by atoms with Gasteiger partial charge < -0.3 is 14.6 Å². The van der Waals surface area contributed by atoms with Crippen LogP contribution in [0.5, 0.6) is 0 Å². The summed E-state index contributed by atoms with van der Waals surface area (Å²) in [6, 6.07) is 5.00. The van der Waals surface area contributed by atoms with Gasteiger partial charge in [0.2, 0.25) is 5.91 Å². The van der Waals surface area contributed by atoms with Gasteiger partial charge in [-0.2, -0.15) is 11.3 Å². The fourth-order valence-electron chi connectivity index (χ4n) is 2.54. The molecule has 6 heteroatoms. The lowest BCUT2D eigenvalue weighted by atomic mass is 10.2. The number of thiophene rings is 1. The summed E-state index contributed by atoms with van der Waals surface area (Å²) in [5.74, 6) is 0.524. The van der Waals surface area contributed by atoms with Crippen LogP contribution in [0.1, 0.15) is 29.0 Å². The molecule has 2 amide bonds. The predicted octanol–water partition coefficient (Wildman–Crippen LogP) is 2.26. The molecular formula is C15H16N2O3S. The third-order valence-corrected chi connectivity index (χ3v) is 4.28. The molecule has 0 aliphatic carbocycles. The lowest BCUT2D eigenvalue weighted by molar-refractivity contribution is -0.125. The van der Waals surface area contributed by atoms with Gasteiger partial charge in [0.25, 0.3) is 5.91 Å². The van der Waals surface area contributed by atoms with Crippen LogP contribution in [0.2, 0.25) is 0 Å². The maximum absolute atomic E-state index is 12.4. The second-order valence-electron chi connectivity index (χ2n) is 4.97. The number of likely N-dealkylation sites (tertiary alicyclic amines) is 1. The van der Waals surface area contributed by atoms with Gasteiger partial charge in [0.05, 0.1) is 18.4 Å². The van der Waals surface area contributed by atoms with Crippen LogP contribution in [0, 0.1) is 0 Å². The fourth-order valence-corrected chi connectivity index (χ4v) is 3.17. The Bertz CT molecular complexity index is 607. The van der Waals surface area contributed by atoms with Crippen molar-refractivity contribution in [3.63, 3.8) is 0 Å². The fraction of sp³-hybridized carbons (Fsp3) is 0.333. The van der Waals surface area contributed by atoms with E-state index in [1.807, 2.05) is 16.8 Å². The topological polar surface area (TPSA) is 62.6 Å². The molecule has 3 heterocycles.